The maximum atomic E-state index is 12.0. The van der Waals surface area contributed by atoms with Gasteiger partial charge in [0.25, 0.3) is 5.91 Å². The first-order valence-electron chi connectivity index (χ1n) is 6.43. The van der Waals surface area contributed by atoms with Gasteiger partial charge in [0, 0.05) is 19.2 Å². The molecule has 4 nitrogen and oxygen atoms in total. The summed E-state index contributed by atoms with van der Waals surface area (Å²) in [5, 5.41) is 9.74. The summed E-state index contributed by atoms with van der Waals surface area (Å²) in [5.41, 5.74) is 0.784. The van der Waals surface area contributed by atoms with Crippen LogP contribution in [-0.4, -0.2) is 35.7 Å². The van der Waals surface area contributed by atoms with Crippen LogP contribution in [-0.2, 0) is 17.8 Å². The van der Waals surface area contributed by atoms with Gasteiger partial charge in [0.2, 0.25) is 0 Å². The lowest BCUT2D eigenvalue weighted by molar-refractivity contribution is -0.147. The van der Waals surface area contributed by atoms with Crippen molar-refractivity contribution in [1.82, 2.24) is 4.90 Å². The molecule has 0 aliphatic carbocycles. The van der Waals surface area contributed by atoms with Crippen LogP contribution in [0.25, 0.3) is 0 Å². The standard InChI is InChI=1S/C15H23NO3/c1-6-11-7-8-13(19-5)12(9-11)10-16(4)14(17)15(2,3)18/h7-9,18H,6,10H2,1-5H3. The SMILES string of the molecule is CCc1ccc(OC)c(CN(C)C(=O)C(C)(C)O)c1. The molecule has 1 rings (SSSR count). The Labute approximate surface area is 115 Å². The second kappa shape index (κ2) is 6.06. The second-order valence-electron chi connectivity index (χ2n) is 5.22. The van der Waals surface area contributed by atoms with E-state index in [9.17, 15) is 9.90 Å². The molecule has 0 saturated heterocycles. The molecule has 4 heteroatoms. The summed E-state index contributed by atoms with van der Waals surface area (Å²) in [7, 11) is 3.29. The van der Waals surface area contributed by atoms with Crippen LogP contribution in [0.5, 0.6) is 5.75 Å². The molecule has 0 aliphatic heterocycles. The fourth-order valence-electron chi connectivity index (χ4n) is 1.97. The predicted octanol–water partition coefficient (Wildman–Crippen LogP) is 1.99. The Morgan fingerprint density at radius 2 is 2.05 bits per heavy atom. The number of amides is 1. The Kier molecular flexibility index (Phi) is 4.95. The fourth-order valence-corrected chi connectivity index (χ4v) is 1.97. The Hall–Kier alpha value is -1.55. The van der Waals surface area contributed by atoms with Gasteiger partial charge in [0.15, 0.2) is 0 Å². The van der Waals surface area contributed by atoms with Gasteiger partial charge in [-0.15, -0.1) is 0 Å². The van der Waals surface area contributed by atoms with Crippen LogP contribution in [0.3, 0.4) is 0 Å². The van der Waals surface area contributed by atoms with E-state index in [0.717, 1.165) is 17.7 Å². The molecule has 0 aromatic heterocycles. The molecular formula is C15H23NO3. The fraction of sp³-hybridized carbons (Fsp3) is 0.533. The number of rotatable bonds is 5. The molecule has 0 saturated carbocycles. The highest BCUT2D eigenvalue weighted by atomic mass is 16.5. The largest absolute Gasteiger partial charge is 0.496 e. The summed E-state index contributed by atoms with van der Waals surface area (Å²) in [4.78, 5) is 13.5. The molecule has 0 fully saturated rings. The zero-order chi connectivity index (χ0) is 14.6. The summed E-state index contributed by atoms with van der Waals surface area (Å²) >= 11 is 0. The van der Waals surface area contributed by atoms with Crippen molar-refractivity contribution in [3.05, 3.63) is 29.3 Å². The molecule has 1 amide bonds. The Balaban J connectivity index is 2.95. The van der Waals surface area contributed by atoms with Crippen molar-refractivity contribution in [3.63, 3.8) is 0 Å². The minimum atomic E-state index is -1.36. The molecule has 1 aromatic rings. The summed E-state index contributed by atoms with van der Waals surface area (Å²) in [6, 6.07) is 5.96. The van der Waals surface area contributed by atoms with Gasteiger partial charge < -0.3 is 14.7 Å². The molecule has 0 bridgehead atoms. The number of benzene rings is 1. The highest BCUT2D eigenvalue weighted by molar-refractivity contribution is 5.83. The summed E-state index contributed by atoms with van der Waals surface area (Å²) in [5.74, 6) is 0.448. The Bertz CT molecular complexity index is 449. The molecule has 0 spiro atoms. The molecule has 106 valence electrons. The third-order valence-electron chi connectivity index (χ3n) is 3.03. The maximum absolute atomic E-state index is 12.0. The van der Waals surface area contributed by atoms with Gasteiger partial charge in [-0.1, -0.05) is 19.1 Å². The van der Waals surface area contributed by atoms with Gasteiger partial charge >= 0.3 is 0 Å². The first-order valence-corrected chi connectivity index (χ1v) is 6.43. The number of aryl methyl sites for hydroxylation is 1. The van der Waals surface area contributed by atoms with Gasteiger partial charge in [-0.25, -0.2) is 0 Å². The number of carbonyl (C=O) groups is 1. The zero-order valence-electron chi connectivity index (χ0n) is 12.4. The van der Waals surface area contributed by atoms with Crippen LogP contribution in [0.4, 0.5) is 0 Å². The lowest BCUT2D eigenvalue weighted by atomic mass is 10.1. The number of ether oxygens (including phenoxy) is 1. The molecule has 0 aliphatic rings. The first-order chi connectivity index (χ1) is 8.79. The van der Waals surface area contributed by atoms with E-state index < -0.39 is 5.60 Å². The van der Waals surface area contributed by atoms with Crippen LogP contribution in [0.1, 0.15) is 31.9 Å². The van der Waals surface area contributed by atoms with E-state index in [2.05, 4.69) is 6.92 Å². The van der Waals surface area contributed by atoms with E-state index in [0.29, 0.717) is 6.54 Å². The van der Waals surface area contributed by atoms with Gasteiger partial charge in [0.1, 0.15) is 11.4 Å². The number of aliphatic hydroxyl groups is 1. The molecule has 1 aromatic carbocycles. The molecule has 0 heterocycles. The van der Waals surface area contributed by atoms with E-state index in [1.807, 2.05) is 18.2 Å². The van der Waals surface area contributed by atoms with Crippen molar-refractivity contribution in [2.24, 2.45) is 0 Å². The molecule has 0 radical (unpaired) electrons. The predicted molar refractivity (Wildman–Crippen MR) is 75.1 cm³/mol. The number of carbonyl (C=O) groups excluding carboxylic acids is 1. The number of hydrogen-bond donors (Lipinski definition) is 1. The van der Waals surface area contributed by atoms with Gasteiger partial charge in [0.05, 0.1) is 7.11 Å². The summed E-state index contributed by atoms with van der Waals surface area (Å²) < 4.78 is 5.31. The topological polar surface area (TPSA) is 49.8 Å². The first kappa shape index (κ1) is 15.5. The lowest BCUT2D eigenvalue weighted by Gasteiger charge is -2.25. The Morgan fingerprint density at radius 1 is 1.42 bits per heavy atom. The molecule has 0 unspecified atom stereocenters. The summed E-state index contributed by atoms with van der Waals surface area (Å²) in [6.07, 6.45) is 0.931. The maximum Gasteiger partial charge on any atom is 0.253 e. The minimum Gasteiger partial charge on any atom is -0.496 e. The molecule has 0 atom stereocenters. The van der Waals surface area contributed by atoms with E-state index in [1.54, 1.807) is 14.2 Å². The van der Waals surface area contributed by atoms with E-state index in [-0.39, 0.29) is 5.91 Å². The van der Waals surface area contributed by atoms with Crippen LogP contribution in [0.15, 0.2) is 18.2 Å². The third kappa shape index (κ3) is 3.96. The molecule has 1 N–H and O–H groups in total. The highest BCUT2D eigenvalue weighted by Crippen LogP contribution is 2.22. The number of hydrogen-bond acceptors (Lipinski definition) is 3. The average Bonchev–Trinajstić information content (AvgIpc) is 2.36. The van der Waals surface area contributed by atoms with Crippen LogP contribution in [0.2, 0.25) is 0 Å². The molecular weight excluding hydrogens is 242 g/mol. The van der Waals surface area contributed by atoms with Crippen molar-refractivity contribution >= 4 is 5.91 Å². The van der Waals surface area contributed by atoms with E-state index in [1.165, 1.54) is 24.3 Å². The van der Waals surface area contributed by atoms with Crippen molar-refractivity contribution < 1.29 is 14.6 Å². The normalized spacial score (nSPS) is 11.3. The quantitative estimate of drug-likeness (QED) is 0.885. The number of nitrogens with zero attached hydrogens (tertiary/aromatic N) is 1. The highest BCUT2D eigenvalue weighted by Gasteiger charge is 2.27. The van der Waals surface area contributed by atoms with Crippen LogP contribution < -0.4 is 4.74 Å². The number of likely N-dealkylation sites (N-methyl/N-ethyl adjacent to an activating group) is 1. The van der Waals surface area contributed by atoms with Crippen molar-refractivity contribution in [3.8, 4) is 5.75 Å². The summed E-state index contributed by atoms with van der Waals surface area (Å²) in [6.45, 7) is 5.48. The second-order valence-corrected chi connectivity index (χ2v) is 5.22. The van der Waals surface area contributed by atoms with Gasteiger partial charge in [-0.3, -0.25) is 4.79 Å². The lowest BCUT2D eigenvalue weighted by Crippen LogP contribution is -2.42. The van der Waals surface area contributed by atoms with Crippen LogP contribution >= 0.6 is 0 Å². The Morgan fingerprint density at radius 3 is 2.53 bits per heavy atom. The zero-order valence-corrected chi connectivity index (χ0v) is 12.4. The van der Waals surface area contributed by atoms with Crippen molar-refractivity contribution in [1.29, 1.82) is 0 Å². The minimum absolute atomic E-state index is 0.309. The smallest absolute Gasteiger partial charge is 0.253 e. The average molecular weight is 265 g/mol. The van der Waals surface area contributed by atoms with E-state index >= 15 is 0 Å². The van der Waals surface area contributed by atoms with Crippen molar-refractivity contribution in [2.75, 3.05) is 14.2 Å². The number of methoxy groups -OCH3 is 1. The van der Waals surface area contributed by atoms with Crippen LogP contribution in [0, 0.1) is 0 Å². The monoisotopic (exact) mass is 265 g/mol. The third-order valence-corrected chi connectivity index (χ3v) is 3.03. The van der Waals surface area contributed by atoms with Crippen molar-refractivity contribution in [2.45, 2.75) is 39.3 Å². The van der Waals surface area contributed by atoms with Gasteiger partial charge in [-0.05, 0) is 31.9 Å². The van der Waals surface area contributed by atoms with E-state index in [4.69, 9.17) is 4.74 Å². The van der Waals surface area contributed by atoms with Gasteiger partial charge in [-0.2, -0.15) is 0 Å². The molecule has 19 heavy (non-hydrogen) atoms.